The van der Waals surface area contributed by atoms with Gasteiger partial charge in [0, 0.05) is 12.5 Å². The summed E-state index contributed by atoms with van der Waals surface area (Å²) < 4.78 is 5.20. The van der Waals surface area contributed by atoms with Crippen molar-refractivity contribution >= 4 is 0 Å². The van der Waals surface area contributed by atoms with E-state index in [1.54, 1.807) is 7.11 Å². The molecule has 1 aliphatic rings. The largest absolute Gasteiger partial charge is 0.396 e. The van der Waals surface area contributed by atoms with Crippen LogP contribution in [0.1, 0.15) is 47.0 Å². The molecule has 0 bridgehead atoms. The lowest BCUT2D eigenvalue weighted by Crippen LogP contribution is -2.56. The summed E-state index contributed by atoms with van der Waals surface area (Å²) in [4.78, 5) is 0. The second-order valence-corrected chi connectivity index (χ2v) is 7.04. The highest BCUT2D eigenvalue weighted by Crippen LogP contribution is 2.51. The number of aliphatic hydroxyl groups excluding tert-OH is 1. The van der Waals surface area contributed by atoms with E-state index >= 15 is 0 Å². The lowest BCUT2D eigenvalue weighted by molar-refractivity contribution is -0.174. The summed E-state index contributed by atoms with van der Waals surface area (Å²) in [5.74, 6) is 0.478. The van der Waals surface area contributed by atoms with Crippen LogP contribution in [0.25, 0.3) is 0 Å². The zero-order chi connectivity index (χ0) is 13.3. The first kappa shape index (κ1) is 14.9. The van der Waals surface area contributed by atoms with Gasteiger partial charge in [0.05, 0.1) is 18.8 Å². The number of rotatable bonds is 4. The van der Waals surface area contributed by atoms with Crippen molar-refractivity contribution in [3.63, 3.8) is 0 Å². The minimum absolute atomic E-state index is 0.0415. The van der Waals surface area contributed by atoms with Crippen LogP contribution in [0.2, 0.25) is 0 Å². The van der Waals surface area contributed by atoms with Crippen molar-refractivity contribution < 1.29 is 14.9 Å². The summed E-state index contributed by atoms with van der Waals surface area (Å²) in [5.41, 5.74) is -1.29. The van der Waals surface area contributed by atoms with E-state index in [4.69, 9.17) is 4.74 Å². The van der Waals surface area contributed by atoms with Crippen LogP contribution in [0, 0.1) is 16.7 Å². The molecule has 17 heavy (non-hydrogen) atoms. The molecule has 3 atom stereocenters. The molecule has 0 radical (unpaired) electrons. The number of ether oxygens (including phenoxy) is 1. The molecule has 3 heteroatoms. The Morgan fingerprint density at radius 2 is 1.94 bits per heavy atom. The van der Waals surface area contributed by atoms with Crippen molar-refractivity contribution in [2.45, 2.75) is 52.6 Å². The highest BCUT2D eigenvalue weighted by atomic mass is 16.5. The van der Waals surface area contributed by atoms with E-state index < -0.39 is 11.0 Å². The van der Waals surface area contributed by atoms with E-state index in [-0.39, 0.29) is 12.0 Å². The summed E-state index contributed by atoms with van der Waals surface area (Å²) in [6, 6.07) is 0. The zero-order valence-corrected chi connectivity index (χ0v) is 11.9. The normalized spacial score (nSPS) is 36.5. The third-order valence-electron chi connectivity index (χ3n) is 4.29. The van der Waals surface area contributed by atoms with Crippen molar-refractivity contribution in [3.05, 3.63) is 0 Å². The maximum Gasteiger partial charge on any atom is 0.0752 e. The fourth-order valence-corrected chi connectivity index (χ4v) is 3.63. The zero-order valence-electron chi connectivity index (χ0n) is 11.9. The fourth-order valence-electron chi connectivity index (χ4n) is 3.63. The molecule has 0 heterocycles. The molecule has 2 N–H and O–H groups in total. The van der Waals surface area contributed by atoms with Gasteiger partial charge in [-0.05, 0) is 30.6 Å². The minimum atomic E-state index is -0.834. The van der Waals surface area contributed by atoms with Crippen LogP contribution in [0.15, 0.2) is 0 Å². The van der Waals surface area contributed by atoms with E-state index in [1.807, 2.05) is 6.92 Å². The van der Waals surface area contributed by atoms with Gasteiger partial charge in [-0.15, -0.1) is 0 Å². The molecular formula is C14H28O3. The molecular weight excluding hydrogens is 216 g/mol. The lowest BCUT2D eigenvalue weighted by Gasteiger charge is -2.52. The van der Waals surface area contributed by atoms with E-state index in [9.17, 15) is 10.2 Å². The standard InChI is InChI=1S/C14H28O3/c1-11-6-12(2,3)8-14(16,7-11)13(4,9-15)10-17-5/h11,15-16H,6-10H2,1-5H3. The maximum absolute atomic E-state index is 11.0. The third-order valence-corrected chi connectivity index (χ3v) is 4.29. The summed E-state index contributed by atoms with van der Waals surface area (Å²) in [7, 11) is 1.62. The molecule has 0 aliphatic heterocycles. The van der Waals surface area contributed by atoms with E-state index in [2.05, 4.69) is 20.8 Å². The molecule has 3 nitrogen and oxygen atoms in total. The van der Waals surface area contributed by atoms with Crippen molar-refractivity contribution in [3.8, 4) is 0 Å². The van der Waals surface area contributed by atoms with Crippen LogP contribution in [0.3, 0.4) is 0 Å². The molecule has 0 aromatic heterocycles. The van der Waals surface area contributed by atoms with Crippen LogP contribution in [-0.4, -0.2) is 36.1 Å². The Bertz CT molecular complexity index is 264. The van der Waals surface area contributed by atoms with E-state index in [1.165, 1.54) is 0 Å². The maximum atomic E-state index is 11.0. The van der Waals surface area contributed by atoms with Crippen LogP contribution in [0.5, 0.6) is 0 Å². The van der Waals surface area contributed by atoms with E-state index in [0.29, 0.717) is 12.5 Å². The Kier molecular flexibility index (Phi) is 4.28. The molecule has 1 fully saturated rings. The molecule has 102 valence electrons. The topological polar surface area (TPSA) is 49.7 Å². The van der Waals surface area contributed by atoms with Gasteiger partial charge in [-0.25, -0.2) is 0 Å². The first-order chi connectivity index (χ1) is 7.68. The SMILES string of the molecule is COCC(C)(CO)C1(O)CC(C)CC(C)(C)C1. The van der Waals surface area contributed by atoms with Gasteiger partial charge in [-0.3, -0.25) is 0 Å². The molecule has 0 amide bonds. The van der Waals surface area contributed by atoms with Gasteiger partial charge in [0.2, 0.25) is 0 Å². The van der Waals surface area contributed by atoms with Crippen LogP contribution in [0.4, 0.5) is 0 Å². The number of methoxy groups -OCH3 is 1. The van der Waals surface area contributed by atoms with Gasteiger partial charge >= 0.3 is 0 Å². The quantitative estimate of drug-likeness (QED) is 0.797. The molecule has 1 saturated carbocycles. The summed E-state index contributed by atoms with van der Waals surface area (Å²) in [6.07, 6.45) is 2.60. The van der Waals surface area contributed by atoms with Gasteiger partial charge in [0.1, 0.15) is 0 Å². The Hall–Kier alpha value is -0.120. The molecule has 3 unspecified atom stereocenters. The van der Waals surface area contributed by atoms with Crippen molar-refractivity contribution in [2.24, 2.45) is 16.7 Å². The molecule has 1 aliphatic carbocycles. The smallest absolute Gasteiger partial charge is 0.0752 e. The third kappa shape index (κ3) is 3.01. The second-order valence-electron chi connectivity index (χ2n) is 7.04. The van der Waals surface area contributed by atoms with Gasteiger partial charge in [-0.1, -0.05) is 27.7 Å². The van der Waals surface area contributed by atoms with Gasteiger partial charge in [0.25, 0.3) is 0 Å². The Morgan fingerprint density at radius 3 is 2.35 bits per heavy atom. The van der Waals surface area contributed by atoms with Crippen LogP contribution >= 0.6 is 0 Å². The average Bonchev–Trinajstić information content (AvgIpc) is 2.13. The number of aliphatic hydroxyl groups is 2. The Balaban J connectivity index is 2.98. The predicted molar refractivity (Wildman–Crippen MR) is 68.8 cm³/mol. The molecule has 0 aromatic carbocycles. The number of hydrogen-bond acceptors (Lipinski definition) is 3. The Morgan fingerprint density at radius 1 is 1.35 bits per heavy atom. The number of hydrogen-bond donors (Lipinski definition) is 2. The summed E-state index contributed by atoms with van der Waals surface area (Å²) in [6.45, 7) is 8.83. The predicted octanol–water partition coefficient (Wildman–Crippen LogP) is 2.21. The molecule has 0 saturated heterocycles. The average molecular weight is 244 g/mol. The minimum Gasteiger partial charge on any atom is -0.396 e. The van der Waals surface area contributed by atoms with Crippen molar-refractivity contribution in [1.29, 1.82) is 0 Å². The van der Waals surface area contributed by atoms with Crippen molar-refractivity contribution in [1.82, 2.24) is 0 Å². The van der Waals surface area contributed by atoms with Gasteiger partial charge in [-0.2, -0.15) is 0 Å². The molecule has 1 rings (SSSR count). The highest BCUT2D eigenvalue weighted by Gasteiger charge is 2.52. The Labute approximate surface area is 105 Å². The van der Waals surface area contributed by atoms with E-state index in [0.717, 1.165) is 19.3 Å². The summed E-state index contributed by atoms with van der Waals surface area (Å²) in [5, 5.41) is 20.6. The lowest BCUT2D eigenvalue weighted by atomic mass is 9.57. The first-order valence-electron chi connectivity index (χ1n) is 6.50. The second kappa shape index (κ2) is 4.87. The van der Waals surface area contributed by atoms with Gasteiger partial charge < -0.3 is 14.9 Å². The first-order valence-corrected chi connectivity index (χ1v) is 6.50. The fraction of sp³-hybridized carbons (Fsp3) is 1.00. The summed E-state index contributed by atoms with van der Waals surface area (Å²) >= 11 is 0. The van der Waals surface area contributed by atoms with Crippen LogP contribution < -0.4 is 0 Å². The van der Waals surface area contributed by atoms with Crippen LogP contribution in [-0.2, 0) is 4.74 Å². The monoisotopic (exact) mass is 244 g/mol. The van der Waals surface area contributed by atoms with Gasteiger partial charge in [0.15, 0.2) is 0 Å². The molecule has 0 aromatic rings. The molecule has 0 spiro atoms. The highest BCUT2D eigenvalue weighted by molar-refractivity contribution is 5.03. The van der Waals surface area contributed by atoms with Crippen molar-refractivity contribution in [2.75, 3.05) is 20.3 Å².